The van der Waals surface area contributed by atoms with Gasteiger partial charge in [-0.05, 0) is 68.1 Å². The average molecular weight is 193 g/mol. The van der Waals surface area contributed by atoms with Gasteiger partial charge in [-0.1, -0.05) is 6.92 Å². The Morgan fingerprint density at radius 1 is 0.923 bits per heavy atom. The molecule has 0 N–H and O–H groups in total. The van der Waals surface area contributed by atoms with E-state index in [2.05, 4.69) is 6.92 Å². The lowest BCUT2D eigenvalue weighted by atomic mass is 9.51. The van der Waals surface area contributed by atoms with Crippen LogP contribution in [0, 0.1) is 29.6 Å². The molecule has 1 radical (unpaired) electrons. The Morgan fingerprint density at radius 2 is 1.38 bits per heavy atom. The first-order chi connectivity index (χ1) is 5.86. The van der Waals surface area contributed by atoms with Crippen molar-refractivity contribution in [1.82, 2.24) is 0 Å². The molecule has 0 unspecified atom stereocenters. The second-order valence-corrected chi connectivity index (χ2v) is 5.23. The standard InChI is InChI=1S/C12H19.Al.3H/c1-2-12-10-4-8-3-9(6-10)7-11(12)5-8;;;;/h8-11H,2-7H2,1H3;;;;. The Labute approximate surface area is 92.6 Å². The molecule has 0 aromatic heterocycles. The molecule has 0 spiro atoms. The summed E-state index contributed by atoms with van der Waals surface area (Å²) in [5, 5.41) is 0. The van der Waals surface area contributed by atoms with E-state index in [4.69, 9.17) is 0 Å². The van der Waals surface area contributed by atoms with E-state index in [0.717, 1.165) is 23.7 Å². The van der Waals surface area contributed by atoms with Crippen LogP contribution in [0.25, 0.3) is 0 Å². The quantitative estimate of drug-likeness (QED) is 0.560. The van der Waals surface area contributed by atoms with Crippen LogP contribution in [0.5, 0.6) is 0 Å². The van der Waals surface area contributed by atoms with Crippen LogP contribution in [-0.4, -0.2) is 17.4 Å². The van der Waals surface area contributed by atoms with Crippen LogP contribution in [0.1, 0.15) is 45.4 Å². The van der Waals surface area contributed by atoms with Gasteiger partial charge in [0.1, 0.15) is 0 Å². The molecule has 0 nitrogen and oxygen atoms in total. The molecule has 4 saturated carbocycles. The molecule has 0 saturated heterocycles. The molecule has 1 heteroatoms. The van der Waals surface area contributed by atoms with Crippen molar-refractivity contribution in [2.24, 2.45) is 23.7 Å². The van der Waals surface area contributed by atoms with Crippen LogP contribution in [-0.2, 0) is 0 Å². The molecule has 13 heavy (non-hydrogen) atoms. The van der Waals surface area contributed by atoms with Crippen molar-refractivity contribution in [2.75, 3.05) is 0 Å². The molecule has 4 rings (SSSR count). The summed E-state index contributed by atoms with van der Waals surface area (Å²) >= 11 is 0. The van der Waals surface area contributed by atoms with E-state index in [0.29, 0.717) is 0 Å². The summed E-state index contributed by atoms with van der Waals surface area (Å²) in [7, 11) is 0. The molecule has 0 aliphatic heterocycles. The topological polar surface area (TPSA) is 0 Å². The maximum absolute atomic E-state index is 2.37. The van der Waals surface area contributed by atoms with Gasteiger partial charge in [-0.3, -0.25) is 0 Å². The van der Waals surface area contributed by atoms with Crippen molar-refractivity contribution in [1.29, 1.82) is 0 Å². The van der Waals surface area contributed by atoms with Crippen molar-refractivity contribution < 1.29 is 0 Å². The van der Waals surface area contributed by atoms with Crippen LogP contribution >= 0.6 is 0 Å². The molecule has 0 atom stereocenters. The van der Waals surface area contributed by atoms with Gasteiger partial charge in [-0.15, -0.1) is 0 Å². The highest BCUT2D eigenvalue weighted by atomic mass is 27.0. The molecular formula is C12H22Al. The monoisotopic (exact) mass is 193 g/mol. The van der Waals surface area contributed by atoms with Gasteiger partial charge in [-0.25, -0.2) is 0 Å². The lowest BCUT2D eigenvalue weighted by molar-refractivity contribution is 0.0385. The number of hydrogen-bond donors (Lipinski definition) is 0. The van der Waals surface area contributed by atoms with Crippen LogP contribution in [0.4, 0.5) is 0 Å². The Hall–Kier alpha value is 0.532. The predicted octanol–water partition coefficient (Wildman–Crippen LogP) is 2.24. The van der Waals surface area contributed by atoms with Gasteiger partial charge >= 0.3 is 0 Å². The van der Waals surface area contributed by atoms with E-state index in [1.165, 1.54) is 6.42 Å². The molecule has 4 fully saturated rings. The SMILES string of the molecule is CC[C]1C2CC3CC(C2)CC1C3.[AlH3]. The summed E-state index contributed by atoms with van der Waals surface area (Å²) in [6.45, 7) is 2.37. The molecule has 73 valence electrons. The minimum atomic E-state index is 0. The molecular weight excluding hydrogens is 171 g/mol. The van der Waals surface area contributed by atoms with Gasteiger partial charge in [0.2, 0.25) is 0 Å². The second kappa shape index (κ2) is 3.59. The van der Waals surface area contributed by atoms with Crippen molar-refractivity contribution >= 4 is 17.4 Å². The van der Waals surface area contributed by atoms with Gasteiger partial charge in [0.05, 0.1) is 0 Å². The summed E-state index contributed by atoms with van der Waals surface area (Å²) < 4.78 is 0. The maximum atomic E-state index is 2.37. The van der Waals surface area contributed by atoms with Crippen LogP contribution in [0.15, 0.2) is 0 Å². The van der Waals surface area contributed by atoms with E-state index in [9.17, 15) is 0 Å². The summed E-state index contributed by atoms with van der Waals surface area (Å²) in [6.07, 6.45) is 9.23. The first-order valence-electron chi connectivity index (χ1n) is 5.72. The third-order valence-electron chi connectivity index (χ3n) is 4.60. The third-order valence-corrected chi connectivity index (χ3v) is 4.60. The Kier molecular flexibility index (Phi) is 2.78. The molecule has 4 aliphatic carbocycles. The zero-order valence-electron chi connectivity index (χ0n) is 8.05. The van der Waals surface area contributed by atoms with Crippen molar-refractivity contribution in [3.8, 4) is 0 Å². The molecule has 4 aliphatic rings. The number of rotatable bonds is 1. The minimum Gasteiger partial charge on any atom is -0.0648 e. The van der Waals surface area contributed by atoms with E-state index in [1.807, 2.05) is 5.92 Å². The first-order valence-corrected chi connectivity index (χ1v) is 5.72. The van der Waals surface area contributed by atoms with E-state index >= 15 is 0 Å². The van der Waals surface area contributed by atoms with Crippen LogP contribution in [0.3, 0.4) is 0 Å². The van der Waals surface area contributed by atoms with Crippen molar-refractivity contribution in [3.63, 3.8) is 0 Å². The van der Waals surface area contributed by atoms with Crippen molar-refractivity contribution in [3.05, 3.63) is 5.92 Å². The Bertz CT molecular complexity index is 160. The summed E-state index contributed by atoms with van der Waals surface area (Å²) in [5.74, 6) is 6.39. The lowest BCUT2D eigenvalue weighted by Gasteiger charge is -2.54. The summed E-state index contributed by atoms with van der Waals surface area (Å²) in [5.41, 5.74) is 0. The highest BCUT2D eigenvalue weighted by Gasteiger charge is 2.47. The third kappa shape index (κ3) is 1.49. The maximum Gasteiger partial charge on any atom is 0.187 e. The van der Waals surface area contributed by atoms with E-state index in [-0.39, 0.29) is 17.4 Å². The number of hydrogen-bond acceptors (Lipinski definition) is 0. The van der Waals surface area contributed by atoms with Crippen LogP contribution < -0.4 is 0 Å². The largest absolute Gasteiger partial charge is 0.187 e. The molecule has 4 bridgehead atoms. The first kappa shape index (κ1) is 10.1. The van der Waals surface area contributed by atoms with Crippen LogP contribution in [0.2, 0.25) is 0 Å². The highest BCUT2D eigenvalue weighted by Crippen LogP contribution is 2.58. The molecule has 0 aromatic carbocycles. The average Bonchev–Trinajstić information content (AvgIpc) is 2.02. The molecule has 0 aromatic rings. The zero-order chi connectivity index (χ0) is 8.13. The van der Waals surface area contributed by atoms with Crippen molar-refractivity contribution in [2.45, 2.75) is 45.4 Å². The smallest absolute Gasteiger partial charge is 0.0648 e. The normalized spacial score (nSPS) is 47.8. The second-order valence-electron chi connectivity index (χ2n) is 5.23. The minimum absolute atomic E-state index is 0. The molecule has 0 amide bonds. The van der Waals surface area contributed by atoms with E-state index in [1.54, 1.807) is 32.1 Å². The summed E-state index contributed by atoms with van der Waals surface area (Å²) in [6, 6.07) is 0. The molecule has 0 heterocycles. The van der Waals surface area contributed by atoms with Gasteiger partial charge in [0, 0.05) is 0 Å². The summed E-state index contributed by atoms with van der Waals surface area (Å²) in [4.78, 5) is 0. The predicted molar refractivity (Wildman–Crippen MR) is 60.5 cm³/mol. The highest BCUT2D eigenvalue weighted by molar-refractivity contribution is 5.75. The van der Waals surface area contributed by atoms with E-state index < -0.39 is 0 Å². The zero-order valence-corrected chi connectivity index (χ0v) is 8.05. The van der Waals surface area contributed by atoms with Gasteiger partial charge in [0.25, 0.3) is 0 Å². The fraction of sp³-hybridized carbons (Fsp3) is 0.917. The Balaban J connectivity index is 0.000000653. The lowest BCUT2D eigenvalue weighted by Crippen LogP contribution is -2.43. The Morgan fingerprint density at radius 3 is 1.77 bits per heavy atom. The fourth-order valence-corrected chi connectivity index (χ4v) is 4.37. The fourth-order valence-electron chi connectivity index (χ4n) is 4.37. The van der Waals surface area contributed by atoms with Gasteiger partial charge in [-0.2, -0.15) is 0 Å². The van der Waals surface area contributed by atoms with Gasteiger partial charge in [0.15, 0.2) is 17.4 Å². The van der Waals surface area contributed by atoms with Gasteiger partial charge < -0.3 is 0 Å².